The molecule has 2 aromatic heterocycles. The van der Waals surface area contributed by atoms with E-state index >= 15 is 0 Å². The fourth-order valence-electron chi connectivity index (χ4n) is 4.08. The number of anilines is 1. The van der Waals surface area contributed by atoms with E-state index in [0.29, 0.717) is 17.2 Å². The van der Waals surface area contributed by atoms with Gasteiger partial charge in [0.15, 0.2) is 11.7 Å². The van der Waals surface area contributed by atoms with Crippen molar-refractivity contribution < 1.29 is 14.0 Å². The molecule has 2 heterocycles. The number of carbonyl (C=O) groups excluding carboxylic acids is 2. The molecule has 162 valence electrons. The molecule has 1 saturated carbocycles. The monoisotopic (exact) mass is 438 g/mol. The van der Waals surface area contributed by atoms with Crippen LogP contribution in [0.4, 0.5) is 5.69 Å². The second-order valence-corrected chi connectivity index (χ2v) is 8.56. The van der Waals surface area contributed by atoms with Crippen LogP contribution in [0.1, 0.15) is 65.7 Å². The number of furan rings is 1. The van der Waals surface area contributed by atoms with Crippen molar-refractivity contribution in [2.75, 3.05) is 4.90 Å². The number of benzene rings is 1. The summed E-state index contributed by atoms with van der Waals surface area (Å²) < 4.78 is 9.71. The van der Waals surface area contributed by atoms with Crippen LogP contribution in [0.2, 0.25) is 0 Å². The summed E-state index contributed by atoms with van der Waals surface area (Å²) in [5.74, 6) is 0.463. The lowest BCUT2D eigenvalue weighted by Crippen LogP contribution is -2.47. The molecule has 1 fully saturated rings. The van der Waals surface area contributed by atoms with Crippen LogP contribution in [0.3, 0.4) is 0 Å². The topological polar surface area (TPSA) is 88.3 Å². The largest absolute Gasteiger partial charge is 0.464 e. The first-order valence-corrected chi connectivity index (χ1v) is 11.4. The summed E-state index contributed by atoms with van der Waals surface area (Å²) in [5.41, 5.74) is 1.71. The number of aryl methyl sites for hydroxylation is 2. The second kappa shape index (κ2) is 9.43. The summed E-state index contributed by atoms with van der Waals surface area (Å²) in [6.07, 6.45) is 5.28. The Morgan fingerprint density at radius 3 is 2.55 bits per heavy atom. The smallest absolute Gasteiger partial charge is 0.280 e. The van der Waals surface area contributed by atoms with Gasteiger partial charge < -0.3 is 9.73 Å². The summed E-state index contributed by atoms with van der Waals surface area (Å²) in [7, 11) is 0. The molecule has 3 aromatic rings. The van der Waals surface area contributed by atoms with Gasteiger partial charge in [0.1, 0.15) is 11.5 Å². The highest BCUT2D eigenvalue weighted by molar-refractivity contribution is 7.03. The second-order valence-electron chi connectivity index (χ2n) is 7.95. The molecular formula is C23H26N4O3S. The normalized spacial score (nSPS) is 15.4. The number of amides is 2. The van der Waals surface area contributed by atoms with Crippen LogP contribution >= 0.6 is 11.5 Å². The molecule has 0 unspecified atom stereocenters. The van der Waals surface area contributed by atoms with Gasteiger partial charge in [0.2, 0.25) is 0 Å². The number of aromatic nitrogens is 2. The Morgan fingerprint density at radius 2 is 1.90 bits per heavy atom. The Balaban J connectivity index is 1.78. The minimum absolute atomic E-state index is 0.106. The standard InChI is InChI=1S/C23H26N4O3S/c1-15-8-6-7-11-19(15)27(23(29)18-14-31-26-25-18)21(20-13-12-16(2)30-20)22(28)24-17-9-4-3-5-10-17/h6-8,11-14,17,21H,3-5,9-10H2,1-2H3,(H,24,28)/t21-/m1/s1. The van der Waals surface area contributed by atoms with Gasteiger partial charge >= 0.3 is 0 Å². The lowest BCUT2D eigenvalue weighted by molar-refractivity contribution is -0.123. The maximum atomic E-state index is 13.6. The van der Waals surface area contributed by atoms with Crippen LogP contribution in [0, 0.1) is 13.8 Å². The van der Waals surface area contributed by atoms with E-state index in [1.807, 2.05) is 38.1 Å². The summed E-state index contributed by atoms with van der Waals surface area (Å²) in [5, 5.41) is 8.73. The molecule has 1 atom stereocenters. The predicted octanol–water partition coefficient (Wildman–Crippen LogP) is 4.58. The van der Waals surface area contributed by atoms with Gasteiger partial charge in [-0.3, -0.25) is 14.5 Å². The third-order valence-electron chi connectivity index (χ3n) is 5.66. The van der Waals surface area contributed by atoms with Gasteiger partial charge in [-0.25, -0.2) is 0 Å². The van der Waals surface area contributed by atoms with E-state index < -0.39 is 6.04 Å². The molecule has 0 spiro atoms. The zero-order valence-corrected chi connectivity index (χ0v) is 18.5. The van der Waals surface area contributed by atoms with Gasteiger partial charge in [0.25, 0.3) is 11.8 Å². The molecule has 4 rings (SSSR count). The molecule has 0 aliphatic heterocycles. The molecule has 0 bridgehead atoms. The van der Waals surface area contributed by atoms with Gasteiger partial charge in [-0.05, 0) is 62.0 Å². The predicted molar refractivity (Wildman–Crippen MR) is 119 cm³/mol. The molecule has 7 nitrogen and oxygen atoms in total. The average molecular weight is 439 g/mol. The van der Waals surface area contributed by atoms with Gasteiger partial charge in [-0.15, -0.1) is 5.10 Å². The number of hydrogen-bond donors (Lipinski definition) is 1. The van der Waals surface area contributed by atoms with Crippen molar-refractivity contribution in [3.05, 3.63) is 64.6 Å². The first kappa shape index (κ1) is 21.2. The van der Waals surface area contributed by atoms with Crippen molar-refractivity contribution in [1.29, 1.82) is 0 Å². The number of para-hydroxylation sites is 1. The molecule has 1 N–H and O–H groups in total. The van der Waals surface area contributed by atoms with Crippen LogP contribution in [-0.4, -0.2) is 27.4 Å². The highest BCUT2D eigenvalue weighted by Gasteiger charge is 2.38. The minimum Gasteiger partial charge on any atom is -0.464 e. The molecule has 2 amide bonds. The quantitative estimate of drug-likeness (QED) is 0.608. The van der Waals surface area contributed by atoms with Crippen LogP contribution in [-0.2, 0) is 4.79 Å². The SMILES string of the molecule is Cc1ccc([C@H](C(=O)NC2CCCCC2)N(C(=O)c2csnn2)c2ccccc2C)o1. The number of rotatable bonds is 6. The van der Waals surface area contributed by atoms with Crippen molar-refractivity contribution >= 4 is 29.0 Å². The molecular weight excluding hydrogens is 412 g/mol. The highest BCUT2D eigenvalue weighted by Crippen LogP contribution is 2.33. The summed E-state index contributed by atoms with van der Waals surface area (Å²) in [4.78, 5) is 28.7. The Morgan fingerprint density at radius 1 is 1.13 bits per heavy atom. The van der Waals surface area contributed by atoms with Crippen molar-refractivity contribution in [2.45, 2.75) is 58.0 Å². The van der Waals surface area contributed by atoms with E-state index in [1.54, 1.807) is 17.5 Å². The molecule has 1 aliphatic rings. The Hall–Kier alpha value is -3.00. The van der Waals surface area contributed by atoms with Crippen LogP contribution in [0.5, 0.6) is 0 Å². The summed E-state index contributed by atoms with van der Waals surface area (Å²) in [6, 6.07) is 10.2. The Bertz CT molecular complexity index is 1040. The highest BCUT2D eigenvalue weighted by atomic mass is 32.1. The van der Waals surface area contributed by atoms with Gasteiger partial charge in [-0.2, -0.15) is 0 Å². The Kier molecular flexibility index (Phi) is 6.46. The average Bonchev–Trinajstić information content (AvgIpc) is 3.45. The lowest BCUT2D eigenvalue weighted by Gasteiger charge is -2.32. The summed E-state index contributed by atoms with van der Waals surface area (Å²) >= 11 is 1.10. The van der Waals surface area contributed by atoms with Crippen molar-refractivity contribution in [1.82, 2.24) is 14.9 Å². The van der Waals surface area contributed by atoms with Gasteiger partial charge in [0, 0.05) is 17.1 Å². The Labute approximate surface area is 185 Å². The third-order valence-corrected chi connectivity index (χ3v) is 6.17. The van der Waals surface area contributed by atoms with E-state index in [-0.39, 0.29) is 23.6 Å². The van der Waals surface area contributed by atoms with Crippen LogP contribution < -0.4 is 10.2 Å². The first-order chi connectivity index (χ1) is 15.0. The minimum atomic E-state index is -0.953. The van der Waals surface area contributed by atoms with Crippen LogP contribution in [0.15, 0.2) is 46.2 Å². The fraction of sp³-hybridized carbons (Fsp3) is 0.391. The van der Waals surface area contributed by atoms with E-state index in [0.717, 1.165) is 42.8 Å². The number of hydrogen-bond acceptors (Lipinski definition) is 6. The molecule has 1 aliphatic carbocycles. The molecule has 0 saturated heterocycles. The maximum absolute atomic E-state index is 13.6. The number of nitrogens with zero attached hydrogens (tertiary/aromatic N) is 3. The number of carbonyl (C=O) groups is 2. The zero-order chi connectivity index (χ0) is 21.8. The van der Waals surface area contributed by atoms with E-state index in [4.69, 9.17) is 4.42 Å². The summed E-state index contributed by atoms with van der Waals surface area (Å²) in [6.45, 7) is 3.74. The third kappa shape index (κ3) is 4.69. The van der Waals surface area contributed by atoms with E-state index in [2.05, 4.69) is 14.9 Å². The molecule has 8 heteroatoms. The van der Waals surface area contributed by atoms with E-state index in [1.165, 1.54) is 11.3 Å². The maximum Gasteiger partial charge on any atom is 0.280 e. The van der Waals surface area contributed by atoms with Gasteiger partial charge in [0.05, 0.1) is 0 Å². The molecule has 0 radical (unpaired) electrons. The van der Waals surface area contributed by atoms with Crippen molar-refractivity contribution in [3.63, 3.8) is 0 Å². The molecule has 1 aromatic carbocycles. The lowest BCUT2D eigenvalue weighted by atomic mass is 9.95. The van der Waals surface area contributed by atoms with E-state index in [9.17, 15) is 9.59 Å². The molecule has 31 heavy (non-hydrogen) atoms. The first-order valence-electron chi connectivity index (χ1n) is 10.6. The van der Waals surface area contributed by atoms with Crippen molar-refractivity contribution in [3.8, 4) is 0 Å². The van der Waals surface area contributed by atoms with Gasteiger partial charge in [-0.1, -0.05) is 41.9 Å². The fourth-order valence-corrected chi connectivity index (χ4v) is 4.51. The number of nitrogens with one attached hydrogen (secondary N) is 1. The van der Waals surface area contributed by atoms with Crippen molar-refractivity contribution in [2.24, 2.45) is 0 Å². The van der Waals surface area contributed by atoms with Crippen LogP contribution in [0.25, 0.3) is 0 Å². The zero-order valence-electron chi connectivity index (χ0n) is 17.7.